The smallest absolute Gasteiger partial charge is 0.410 e. The summed E-state index contributed by atoms with van der Waals surface area (Å²) in [6.45, 7) is -0.126. The molecule has 0 saturated heterocycles. The quantitative estimate of drug-likeness (QED) is 0.447. The molecule has 0 heterocycles. The maximum atomic E-state index is 11.7. The molecule has 0 spiro atoms. The number of hydrogen-bond acceptors (Lipinski definition) is 5. The molecule has 0 radical (unpaired) electrons. The van der Waals surface area contributed by atoms with Gasteiger partial charge in [-0.25, -0.2) is 4.79 Å². The number of aliphatic hydroxyl groups is 2. The van der Waals surface area contributed by atoms with Crippen LogP contribution < -0.4 is 0 Å². The van der Waals surface area contributed by atoms with E-state index in [9.17, 15) is 4.79 Å². The maximum Gasteiger partial charge on any atom is 0.410 e. The van der Waals surface area contributed by atoms with Crippen molar-refractivity contribution >= 4 is 11.8 Å². The van der Waals surface area contributed by atoms with Crippen LogP contribution >= 0.6 is 0 Å². The molecule has 0 aliphatic carbocycles. The normalized spacial score (nSPS) is 9.70. The Morgan fingerprint density at radius 2 is 1.85 bits per heavy atom. The Labute approximate surface area is 115 Å². The maximum absolute atomic E-state index is 11.7. The number of azide groups is 1. The molecule has 20 heavy (non-hydrogen) atoms. The summed E-state index contributed by atoms with van der Waals surface area (Å²) >= 11 is 0. The van der Waals surface area contributed by atoms with Gasteiger partial charge < -0.3 is 19.8 Å². The molecule has 0 bridgehead atoms. The van der Waals surface area contributed by atoms with E-state index in [1.807, 2.05) is 0 Å². The van der Waals surface area contributed by atoms with E-state index in [4.69, 9.17) is 20.5 Å². The highest BCUT2D eigenvalue weighted by Gasteiger charge is 2.13. The predicted molar refractivity (Wildman–Crippen MR) is 71.2 cm³/mol. The van der Waals surface area contributed by atoms with Crippen molar-refractivity contribution in [3.8, 4) is 0 Å². The van der Waals surface area contributed by atoms with Crippen molar-refractivity contribution in [1.29, 1.82) is 0 Å². The number of carbonyl (C=O) groups is 1. The third kappa shape index (κ3) is 5.15. The van der Waals surface area contributed by atoms with Gasteiger partial charge in [-0.15, -0.1) is 0 Å². The van der Waals surface area contributed by atoms with Crippen LogP contribution in [0.5, 0.6) is 0 Å². The summed E-state index contributed by atoms with van der Waals surface area (Å²) in [5.74, 6) is 0. The summed E-state index contributed by atoms with van der Waals surface area (Å²) in [6, 6.07) is 6.59. The lowest BCUT2D eigenvalue weighted by molar-refractivity contribution is 0.0809. The largest absolute Gasteiger partial charge is 0.445 e. The molecule has 0 atom stereocenters. The monoisotopic (exact) mass is 280 g/mol. The van der Waals surface area contributed by atoms with Gasteiger partial charge in [-0.2, -0.15) is 0 Å². The number of aliphatic hydroxyl groups excluding tert-OH is 2. The Morgan fingerprint density at radius 3 is 2.35 bits per heavy atom. The zero-order valence-corrected chi connectivity index (χ0v) is 10.8. The van der Waals surface area contributed by atoms with Gasteiger partial charge in [-0.1, -0.05) is 29.4 Å². The molecule has 0 aliphatic heterocycles. The van der Waals surface area contributed by atoms with Crippen LogP contribution in [-0.4, -0.2) is 47.5 Å². The van der Waals surface area contributed by atoms with Crippen molar-refractivity contribution in [3.05, 3.63) is 40.3 Å². The standard InChI is InChI=1S/C12H16N4O4/c13-15-14-11-3-1-10(2-4-11)9-20-12(19)16(5-7-17)6-8-18/h1-4,17-18H,5-9H2. The van der Waals surface area contributed by atoms with Crippen LogP contribution in [0.3, 0.4) is 0 Å². The summed E-state index contributed by atoms with van der Waals surface area (Å²) < 4.78 is 5.06. The molecular formula is C12H16N4O4. The molecule has 1 rings (SSSR count). The summed E-state index contributed by atoms with van der Waals surface area (Å²) in [7, 11) is 0. The summed E-state index contributed by atoms with van der Waals surface area (Å²) in [5.41, 5.74) is 9.49. The first kappa shape index (κ1) is 15.8. The Morgan fingerprint density at radius 1 is 1.25 bits per heavy atom. The fourth-order valence-electron chi connectivity index (χ4n) is 1.48. The van der Waals surface area contributed by atoms with Crippen LogP contribution in [0.25, 0.3) is 10.4 Å². The number of benzene rings is 1. The van der Waals surface area contributed by atoms with Gasteiger partial charge in [0.25, 0.3) is 0 Å². The molecular weight excluding hydrogens is 264 g/mol. The number of hydrogen-bond donors (Lipinski definition) is 2. The van der Waals surface area contributed by atoms with E-state index in [2.05, 4.69) is 10.0 Å². The van der Waals surface area contributed by atoms with E-state index in [0.717, 1.165) is 5.56 Å². The highest BCUT2D eigenvalue weighted by Crippen LogP contribution is 2.14. The molecule has 1 aromatic carbocycles. The fourth-order valence-corrected chi connectivity index (χ4v) is 1.48. The zero-order valence-electron chi connectivity index (χ0n) is 10.8. The van der Waals surface area contributed by atoms with Crippen molar-refractivity contribution in [2.45, 2.75) is 6.61 Å². The van der Waals surface area contributed by atoms with E-state index >= 15 is 0 Å². The van der Waals surface area contributed by atoms with Gasteiger partial charge in [-0.05, 0) is 11.1 Å². The summed E-state index contributed by atoms with van der Waals surface area (Å²) in [5, 5.41) is 21.0. The molecule has 0 saturated carbocycles. The molecule has 8 nitrogen and oxygen atoms in total. The van der Waals surface area contributed by atoms with Gasteiger partial charge in [0, 0.05) is 23.7 Å². The lowest BCUT2D eigenvalue weighted by atomic mass is 10.2. The van der Waals surface area contributed by atoms with E-state index < -0.39 is 6.09 Å². The lowest BCUT2D eigenvalue weighted by Crippen LogP contribution is -2.36. The van der Waals surface area contributed by atoms with Crippen LogP contribution in [0.1, 0.15) is 5.56 Å². The van der Waals surface area contributed by atoms with Crippen molar-refractivity contribution in [3.63, 3.8) is 0 Å². The average molecular weight is 280 g/mol. The van der Waals surface area contributed by atoms with E-state index in [1.54, 1.807) is 24.3 Å². The van der Waals surface area contributed by atoms with Crippen molar-refractivity contribution in [1.82, 2.24) is 4.90 Å². The second-order valence-corrected chi connectivity index (χ2v) is 3.84. The SMILES string of the molecule is [N-]=[N+]=Nc1ccc(COC(=O)N(CCO)CCO)cc1. The van der Waals surface area contributed by atoms with E-state index in [0.29, 0.717) is 5.69 Å². The van der Waals surface area contributed by atoms with E-state index in [-0.39, 0.29) is 32.9 Å². The first-order chi connectivity index (χ1) is 9.71. The van der Waals surface area contributed by atoms with Crippen LogP contribution in [0.15, 0.2) is 29.4 Å². The Hall–Kier alpha value is -2.28. The van der Waals surface area contributed by atoms with Crippen molar-refractivity contribution < 1.29 is 19.7 Å². The minimum atomic E-state index is -0.604. The van der Waals surface area contributed by atoms with Gasteiger partial charge in [0.15, 0.2) is 0 Å². The number of ether oxygens (including phenoxy) is 1. The van der Waals surface area contributed by atoms with Crippen LogP contribution in [0.4, 0.5) is 10.5 Å². The third-order valence-electron chi connectivity index (χ3n) is 2.46. The van der Waals surface area contributed by atoms with Gasteiger partial charge in [0.2, 0.25) is 0 Å². The zero-order chi connectivity index (χ0) is 14.8. The van der Waals surface area contributed by atoms with Gasteiger partial charge in [0.1, 0.15) is 6.61 Å². The minimum Gasteiger partial charge on any atom is -0.445 e. The van der Waals surface area contributed by atoms with Crippen LogP contribution in [0.2, 0.25) is 0 Å². The number of nitrogens with zero attached hydrogens (tertiary/aromatic N) is 4. The molecule has 8 heteroatoms. The second-order valence-electron chi connectivity index (χ2n) is 3.84. The Kier molecular flexibility index (Phi) is 6.91. The highest BCUT2D eigenvalue weighted by molar-refractivity contribution is 5.67. The molecule has 0 fully saturated rings. The second kappa shape index (κ2) is 8.76. The first-order valence-electron chi connectivity index (χ1n) is 5.98. The number of amides is 1. The van der Waals surface area contributed by atoms with Crippen molar-refractivity contribution in [2.24, 2.45) is 5.11 Å². The molecule has 0 unspecified atom stereocenters. The van der Waals surface area contributed by atoms with Gasteiger partial charge in [-0.3, -0.25) is 0 Å². The number of rotatable bonds is 7. The molecule has 1 amide bonds. The van der Waals surface area contributed by atoms with Crippen LogP contribution in [-0.2, 0) is 11.3 Å². The van der Waals surface area contributed by atoms with Gasteiger partial charge in [0.05, 0.1) is 13.2 Å². The molecule has 0 aromatic heterocycles. The lowest BCUT2D eigenvalue weighted by Gasteiger charge is -2.19. The summed E-state index contributed by atoms with van der Waals surface area (Å²) in [6.07, 6.45) is -0.604. The van der Waals surface area contributed by atoms with Gasteiger partial charge >= 0.3 is 6.09 Å². The Balaban J connectivity index is 2.52. The van der Waals surface area contributed by atoms with Crippen LogP contribution in [0, 0.1) is 0 Å². The van der Waals surface area contributed by atoms with Crippen molar-refractivity contribution in [2.75, 3.05) is 26.3 Å². The average Bonchev–Trinajstić information content (AvgIpc) is 2.46. The summed E-state index contributed by atoms with van der Waals surface area (Å²) in [4.78, 5) is 15.6. The third-order valence-corrected chi connectivity index (χ3v) is 2.46. The fraction of sp³-hybridized carbons (Fsp3) is 0.417. The first-order valence-corrected chi connectivity index (χ1v) is 5.98. The van der Waals surface area contributed by atoms with E-state index in [1.165, 1.54) is 4.90 Å². The minimum absolute atomic E-state index is 0.0583. The molecule has 0 aliphatic rings. The Bertz CT molecular complexity index is 465. The number of carbonyl (C=O) groups excluding carboxylic acids is 1. The predicted octanol–water partition coefficient (Wildman–Crippen LogP) is 1.55. The molecule has 108 valence electrons. The molecule has 2 N–H and O–H groups in total. The molecule has 1 aromatic rings. The highest BCUT2D eigenvalue weighted by atomic mass is 16.6. The topological polar surface area (TPSA) is 119 Å².